The van der Waals surface area contributed by atoms with Crippen LogP contribution in [0.4, 0.5) is 0 Å². The van der Waals surface area contributed by atoms with Crippen LogP contribution in [0, 0.1) is 0 Å². The number of nitrogens with one attached hydrogen (secondary N) is 1. The third-order valence-corrected chi connectivity index (χ3v) is 1.18. The second kappa shape index (κ2) is 2.53. The molecule has 54 valence electrons. The monoisotopic (exact) mass is 140 g/mol. The molecule has 4 heteroatoms. The maximum Gasteiger partial charge on any atom is 0.290 e. The molecule has 0 amide bonds. The normalized spacial score (nSPS) is 9.70. The molecule has 0 saturated carbocycles. The average Bonchev–Trinajstić information content (AvgIpc) is 1.95. The first-order chi connectivity index (χ1) is 4.74. The molecule has 0 aliphatic carbocycles. The number of hydrogen-bond donors (Lipinski definition) is 3. The van der Waals surface area contributed by atoms with E-state index in [4.69, 9.17) is 10.8 Å². The first-order valence-corrected chi connectivity index (χ1v) is 2.84. The highest BCUT2D eigenvalue weighted by atomic mass is 16.3. The van der Waals surface area contributed by atoms with Gasteiger partial charge < -0.3 is 15.8 Å². The van der Waals surface area contributed by atoms with E-state index in [1.807, 2.05) is 0 Å². The van der Waals surface area contributed by atoms with Crippen LogP contribution in [0.25, 0.3) is 0 Å². The molecule has 0 aliphatic rings. The van der Waals surface area contributed by atoms with Crippen LogP contribution in [0.15, 0.2) is 17.1 Å². The summed E-state index contributed by atoms with van der Waals surface area (Å²) in [5.74, 6) is -0.289. The number of aromatic hydroxyl groups is 1. The van der Waals surface area contributed by atoms with E-state index in [1.165, 1.54) is 12.3 Å². The zero-order valence-electron chi connectivity index (χ0n) is 5.29. The van der Waals surface area contributed by atoms with E-state index in [2.05, 4.69) is 4.98 Å². The molecule has 0 saturated heterocycles. The maximum absolute atomic E-state index is 10.5. The Labute approximate surface area is 57.3 Å². The average molecular weight is 140 g/mol. The van der Waals surface area contributed by atoms with Gasteiger partial charge in [-0.25, -0.2) is 0 Å². The highest BCUT2D eigenvalue weighted by molar-refractivity contribution is 5.21. The Hall–Kier alpha value is -1.29. The molecule has 10 heavy (non-hydrogen) atoms. The molecule has 4 N–H and O–H groups in total. The van der Waals surface area contributed by atoms with Crippen molar-refractivity contribution in [3.05, 3.63) is 28.2 Å². The van der Waals surface area contributed by atoms with Gasteiger partial charge in [0, 0.05) is 12.7 Å². The van der Waals surface area contributed by atoms with Crippen molar-refractivity contribution in [3.8, 4) is 5.75 Å². The van der Waals surface area contributed by atoms with Crippen molar-refractivity contribution in [1.82, 2.24) is 4.98 Å². The van der Waals surface area contributed by atoms with Crippen LogP contribution < -0.4 is 11.3 Å². The quantitative estimate of drug-likeness (QED) is 0.493. The van der Waals surface area contributed by atoms with E-state index in [0.717, 1.165) is 0 Å². The lowest BCUT2D eigenvalue weighted by atomic mass is 10.3. The smallest absolute Gasteiger partial charge is 0.290 e. The topological polar surface area (TPSA) is 79.1 Å². The Balaban J connectivity index is 3.17. The number of aromatic nitrogens is 1. The number of aromatic amines is 1. The minimum atomic E-state index is -0.489. The molecule has 0 atom stereocenters. The number of hydrogen-bond acceptors (Lipinski definition) is 3. The predicted octanol–water partition coefficient (Wildman–Crippen LogP) is -0.461. The Kier molecular flexibility index (Phi) is 1.73. The molecule has 0 unspecified atom stereocenters. The Bertz CT molecular complexity index is 279. The van der Waals surface area contributed by atoms with Crippen LogP contribution in [0.5, 0.6) is 5.75 Å². The lowest BCUT2D eigenvalue weighted by molar-refractivity contribution is 0.465. The number of rotatable bonds is 1. The first-order valence-electron chi connectivity index (χ1n) is 2.84. The SMILES string of the molecule is NCc1c[nH]c(=O)c(O)c1. The summed E-state index contributed by atoms with van der Waals surface area (Å²) in [6.07, 6.45) is 1.47. The molecule has 0 fully saturated rings. The molecule has 0 spiro atoms. The summed E-state index contributed by atoms with van der Waals surface area (Å²) in [5, 5.41) is 8.83. The van der Waals surface area contributed by atoms with Crippen LogP contribution in [0.2, 0.25) is 0 Å². The molecule has 4 nitrogen and oxygen atoms in total. The van der Waals surface area contributed by atoms with E-state index < -0.39 is 5.56 Å². The van der Waals surface area contributed by atoms with Crippen LogP contribution in [-0.4, -0.2) is 10.1 Å². The highest BCUT2D eigenvalue weighted by Gasteiger charge is 1.95. The molecule has 1 heterocycles. The molecular weight excluding hydrogens is 132 g/mol. The molecule has 1 aromatic rings. The Morgan fingerprint density at radius 2 is 2.40 bits per heavy atom. The van der Waals surface area contributed by atoms with Crippen molar-refractivity contribution in [2.75, 3.05) is 0 Å². The summed E-state index contributed by atoms with van der Waals surface area (Å²) in [5.41, 5.74) is 5.45. The van der Waals surface area contributed by atoms with Gasteiger partial charge >= 0.3 is 0 Å². The van der Waals surface area contributed by atoms with E-state index >= 15 is 0 Å². The third kappa shape index (κ3) is 1.16. The molecule has 1 aromatic heterocycles. The molecule has 0 aromatic carbocycles. The van der Waals surface area contributed by atoms with E-state index in [-0.39, 0.29) is 5.75 Å². The second-order valence-electron chi connectivity index (χ2n) is 1.93. The number of pyridine rings is 1. The summed E-state index contributed by atoms with van der Waals surface area (Å²) >= 11 is 0. The van der Waals surface area contributed by atoms with Crippen LogP contribution in [0.3, 0.4) is 0 Å². The van der Waals surface area contributed by atoms with Gasteiger partial charge in [0.15, 0.2) is 5.75 Å². The second-order valence-corrected chi connectivity index (χ2v) is 1.93. The van der Waals surface area contributed by atoms with Crippen LogP contribution in [-0.2, 0) is 6.54 Å². The fourth-order valence-electron chi connectivity index (χ4n) is 0.633. The number of H-pyrrole nitrogens is 1. The van der Waals surface area contributed by atoms with Gasteiger partial charge in [0.25, 0.3) is 5.56 Å². The van der Waals surface area contributed by atoms with Gasteiger partial charge in [-0.3, -0.25) is 4.79 Å². The summed E-state index contributed by atoms with van der Waals surface area (Å²) in [7, 11) is 0. The van der Waals surface area contributed by atoms with Crippen molar-refractivity contribution in [3.63, 3.8) is 0 Å². The molecule has 1 rings (SSSR count). The Morgan fingerprint density at radius 3 is 2.90 bits per heavy atom. The van der Waals surface area contributed by atoms with E-state index in [1.54, 1.807) is 0 Å². The molecule has 0 bridgehead atoms. The Morgan fingerprint density at radius 1 is 1.70 bits per heavy atom. The molecule has 0 aliphatic heterocycles. The fraction of sp³-hybridized carbons (Fsp3) is 0.167. The van der Waals surface area contributed by atoms with Crippen molar-refractivity contribution in [2.45, 2.75) is 6.54 Å². The van der Waals surface area contributed by atoms with Gasteiger partial charge in [-0.1, -0.05) is 0 Å². The summed E-state index contributed by atoms with van der Waals surface area (Å²) in [4.78, 5) is 12.9. The van der Waals surface area contributed by atoms with Gasteiger partial charge in [0.1, 0.15) is 0 Å². The maximum atomic E-state index is 10.5. The third-order valence-electron chi connectivity index (χ3n) is 1.18. The summed E-state index contributed by atoms with van der Waals surface area (Å²) in [6.45, 7) is 0.310. The predicted molar refractivity (Wildman–Crippen MR) is 36.6 cm³/mol. The minimum absolute atomic E-state index is 0.289. The lowest BCUT2D eigenvalue weighted by Crippen LogP contribution is -2.06. The van der Waals surface area contributed by atoms with Gasteiger partial charge in [-0.15, -0.1) is 0 Å². The molecular formula is C6H8N2O2. The first kappa shape index (κ1) is 6.82. The number of nitrogens with two attached hydrogens (primary N) is 1. The zero-order valence-corrected chi connectivity index (χ0v) is 5.29. The van der Waals surface area contributed by atoms with Crippen molar-refractivity contribution < 1.29 is 5.11 Å². The fourth-order valence-corrected chi connectivity index (χ4v) is 0.633. The minimum Gasteiger partial charge on any atom is -0.503 e. The van der Waals surface area contributed by atoms with Crippen molar-refractivity contribution in [1.29, 1.82) is 0 Å². The van der Waals surface area contributed by atoms with Crippen molar-refractivity contribution in [2.24, 2.45) is 5.73 Å². The standard InChI is InChI=1S/C6H8N2O2/c7-2-4-1-5(9)6(10)8-3-4/h1,3,9H,2,7H2,(H,8,10). The van der Waals surface area contributed by atoms with E-state index in [0.29, 0.717) is 12.1 Å². The zero-order chi connectivity index (χ0) is 7.56. The molecule has 0 radical (unpaired) electrons. The van der Waals surface area contributed by atoms with Crippen LogP contribution in [0.1, 0.15) is 5.56 Å². The largest absolute Gasteiger partial charge is 0.503 e. The van der Waals surface area contributed by atoms with Gasteiger partial charge in [-0.05, 0) is 11.6 Å². The lowest BCUT2D eigenvalue weighted by Gasteiger charge is -1.94. The van der Waals surface area contributed by atoms with Gasteiger partial charge in [0.05, 0.1) is 0 Å². The van der Waals surface area contributed by atoms with Gasteiger partial charge in [-0.2, -0.15) is 0 Å². The highest BCUT2D eigenvalue weighted by Crippen LogP contribution is 2.01. The van der Waals surface area contributed by atoms with Crippen LogP contribution >= 0.6 is 0 Å². The van der Waals surface area contributed by atoms with Gasteiger partial charge in [0.2, 0.25) is 0 Å². The van der Waals surface area contributed by atoms with Crippen molar-refractivity contribution >= 4 is 0 Å². The van der Waals surface area contributed by atoms with E-state index in [9.17, 15) is 4.79 Å². The summed E-state index contributed by atoms with van der Waals surface area (Å²) < 4.78 is 0. The summed E-state index contributed by atoms with van der Waals surface area (Å²) in [6, 6.07) is 1.35.